The van der Waals surface area contributed by atoms with Crippen LogP contribution in [0.15, 0.2) is 24.7 Å². The molecule has 3 aromatic rings. The normalized spacial score (nSPS) is 13.1. The van der Waals surface area contributed by atoms with Crippen LogP contribution in [0, 0.1) is 11.3 Å². The van der Waals surface area contributed by atoms with E-state index in [0.717, 1.165) is 17.9 Å². The second kappa shape index (κ2) is 8.07. The molecule has 162 valence electrons. The standard InChI is InChI=1S/C21H21F3N6O/c1-11(21(22,23)24)18-17(7-25)28-8-13(30-18)5-12-6-14-15(9-27-12)19(31-4)29-10-16(14)20(2,3)26/h6,8-11H,5,26H2,1-4H3. The number of pyridine rings is 2. The highest BCUT2D eigenvalue weighted by Crippen LogP contribution is 2.35. The van der Waals surface area contributed by atoms with Crippen molar-refractivity contribution in [1.29, 1.82) is 5.26 Å². The van der Waals surface area contributed by atoms with Crippen LogP contribution in [0.3, 0.4) is 0 Å². The molecular formula is C21H21F3N6O. The zero-order chi connectivity index (χ0) is 23.0. The number of ether oxygens (including phenoxy) is 1. The fourth-order valence-corrected chi connectivity index (χ4v) is 3.18. The number of rotatable bonds is 5. The molecule has 3 heterocycles. The maximum absolute atomic E-state index is 13.2. The predicted octanol–water partition coefficient (Wildman–Crippen LogP) is 3.75. The summed E-state index contributed by atoms with van der Waals surface area (Å²) in [6, 6.07) is 3.46. The summed E-state index contributed by atoms with van der Waals surface area (Å²) in [5.74, 6) is -1.53. The number of alkyl halides is 3. The number of aromatic nitrogens is 4. The topological polar surface area (TPSA) is 111 Å². The van der Waals surface area contributed by atoms with Gasteiger partial charge in [-0.05, 0) is 37.8 Å². The van der Waals surface area contributed by atoms with Gasteiger partial charge in [-0.15, -0.1) is 0 Å². The van der Waals surface area contributed by atoms with Gasteiger partial charge in [0, 0.05) is 30.0 Å². The van der Waals surface area contributed by atoms with Gasteiger partial charge >= 0.3 is 6.18 Å². The minimum Gasteiger partial charge on any atom is -0.481 e. The van der Waals surface area contributed by atoms with Crippen molar-refractivity contribution in [2.45, 2.75) is 44.8 Å². The SMILES string of the molecule is COc1ncc(C(C)(C)N)c2cc(Cc3cnc(C#N)c(C(C)C(F)(F)F)n3)ncc12. The van der Waals surface area contributed by atoms with Crippen LogP contribution in [0.2, 0.25) is 0 Å². The maximum Gasteiger partial charge on any atom is 0.397 e. The first kappa shape index (κ1) is 22.4. The van der Waals surface area contributed by atoms with Gasteiger partial charge in [-0.2, -0.15) is 18.4 Å². The highest BCUT2D eigenvalue weighted by molar-refractivity contribution is 5.89. The summed E-state index contributed by atoms with van der Waals surface area (Å²) in [6.45, 7) is 4.64. The average molecular weight is 430 g/mol. The Hall–Kier alpha value is -3.32. The van der Waals surface area contributed by atoms with Gasteiger partial charge < -0.3 is 10.5 Å². The molecule has 0 aliphatic carbocycles. The van der Waals surface area contributed by atoms with Gasteiger partial charge in [0.25, 0.3) is 0 Å². The van der Waals surface area contributed by atoms with E-state index in [2.05, 4.69) is 19.9 Å². The van der Waals surface area contributed by atoms with Crippen LogP contribution in [0.5, 0.6) is 5.88 Å². The van der Waals surface area contributed by atoms with Gasteiger partial charge in [0.15, 0.2) is 5.69 Å². The lowest BCUT2D eigenvalue weighted by Crippen LogP contribution is -2.29. The lowest BCUT2D eigenvalue weighted by atomic mass is 9.92. The third-order valence-electron chi connectivity index (χ3n) is 4.90. The van der Waals surface area contributed by atoms with E-state index >= 15 is 0 Å². The summed E-state index contributed by atoms with van der Waals surface area (Å²) < 4.78 is 44.9. The van der Waals surface area contributed by atoms with Gasteiger partial charge in [-0.25, -0.2) is 9.97 Å². The fraction of sp³-hybridized carbons (Fsp3) is 0.381. The monoisotopic (exact) mass is 430 g/mol. The van der Waals surface area contributed by atoms with E-state index < -0.39 is 23.3 Å². The zero-order valence-corrected chi connectivity index (χ0v) is 17.4. The highest BCUT2D eigenvalue weighted by Gasteiger charge is 2.40. The van der Waals surface area contributed by atoms with Gasteiger partial charge in [0.1, 0.15) is 6.07 Å². The predicted molar refractivity (Wildman–Crippen MR) is 107 cm³/mol. The number of hydrogen-bond acceptors (Lipinski definition) is 7. The van der Waals surface area contributed by atoms with Crippen molar-refractivity contribution in [2.75, 3.05) is 7.11 Å². The summed E-state index contributed by atoms with van der Waals surface area (Å²) in [7, 11) is 1.50. The van der Waals surface area contributed by atoms with E-state index in [0.29, 0.717) is 17.0 Å². The molecule has 0 radical (unpaired) electrons. The number of hydrogen-bond donors (Lipinski definition) is 1. The Labute approximate surface area is 177 Å². The first-order chi connectivity index (χ1) is 14.5. The molecule has 0 spiro atoms. The largest absolute Gasteiger partial charge is 0.481 e. The summed E-state index contributed by atoms with van der Waals surface area (Å²) in [4.78, 5) is 16.6. The molecule has 10 heteroatoms. The number of methoxy groups -OCH3 is 1. The van der Waals surface area contributed by atoms with Gasteiger partial charge in [-0.3, -0.25) is 9.97 Å². The smallest absolute Gasteiger partial charge is 0.397 e. The third kappa shape index (κ3) is 4.56. The Morgan fingerprint density at radius 2 is 1.81 bits per heavy atom. The molecule has 31 heavy (non-hydrogen) atoms. The van der Waals surface area contributed by atoms with Crippen molar-refractivity contribution in [3.8, 4) is 11.9 Å². The Bertz CT molecular complexity index is 1160. The van der Waals surface area contributed by atoms with Crippen molar-refractivity contribution in [1.82, 2.24) is 19.9 Å². The Morgan fingerprint density at radius 1 is 1.10 bits per heavy atom. The lowest BCUT2D eigenvalue weighted by Gasteiger charge is -2.22. The van der Waals surface area contributed by atoms with E-state index in [9.17, 15) is 13.2 Å². The van der Waals surface area contributed by atoms with Crippen LogP contribution >= 0.6 is 0 Å². The molecule has 0 aromatic carbocycles. The summed E-state index contributed by atoms with van der Waals surface area (Å²) >= 11 is 0. The molecule has 0 fully saturated rings. The zero-order valence-electron chi connectivity index (χ0n) is 17.4. The first-order valence-corrected chi connectivity index (χ1v) is 9.39. The van der Waals surface area contributed by atoms with Crippen LogP contribution in [-0.4, -0.2) is 33.2 Å². The van der Waals surface area contributed by atoms with E-state index in [1.807, 2.05) is 13.8 Å². The van der Waals surface area contributed by atoms with E-state index in [4.69, 9.17) is 15.7 Å². The molecule has 1 unspecified atom stereocenters. The second-order valence-corrected chi connectivity index (χ2v) is 7.77. The molecule has 0 saturated carbocycles. The highest BCUT2D eigenvalue weighted by atomic mass is 19.4. The van der Waals surface area contributed by atoms with Crippen LogP contribution in [0.1, 0.15) is 55.0 Å². The molecule has 3 aromatic heterocycles. The van der Waals surface area contributed by atoms with Gasteiger partial charge in [0.2, 0.25) is 5.88 Å². The quantitative estimate of drug-likeness (QED) is 0.656. The molecule has 0 amide bonds. The third-order valence-corrected chi connectivity index (χ3v) is 4.90. The van der Waals surface area contributed by atoms with Crippen molar-refractivity contribution < 1.29 is 17.9 Å². The van der Waals surface area contributed by atoms with Crippen molar-refractivity contribution >= 4 is 10.8 Å². The number of nitrogens with two attached hydrogens (primary N) is 1. The minimum atomic E-state index is -4.54. The van der Waals surface area contributed by atoms with Crippen LogP contribution < -0.4 is 10.5 Å². The second-order valence-electron chi connectivity index (χ2n) is 7.77. The molecule has 7 nitrogen and oxygen atoms in total. The Morgan fingerprint density at radius 3 is 2.39 bits per heavy atom. The van der Waals surface area contributed by atoms with Crippen LogP contribution in [-0.2, 0) is 12.0 Å². The molecule has 0 aliphatic heterocycles. The van der Waals surface area contributed by atoms with Crippen LogP contribution in [0.4, 0.5) is 13.2 Å². The summed E-state index contributed by atoms with van der Waals surface area (Å²) in [5.41, 5.74) is 6.43. The minimum absolute atomic E-state index is 0.126. The Kier molecular flexibility index (Phi) is 5.83. The van der Waals surface area contributed by atoms with Crippen molar-refractivity contribution in [2.24, 2.45) is 5.73 Å². The Balaban J connectivity index is 2.07. The fourth-order valence-electron chi connectivity index (χ4n) is 3.18. The van der Waals surface area contributed by atoms with Crippen molar-refractivity contribution in [3.63, 3.8) is 0 Å². The lowest BCUT2D eigenvalue weighted by molar-refractivity contribution is -0.147. The van der Waals surface area contributed by atoms with Crippen molar-refractivity contribution in [3.05, 3.63) is 53.0 Å². The van der Waals surface area contributed by atoms with E-state index in [1.165, 1.54) is 13.3 Å². The molecule has 2 N–H and O–H groups in total. The van der Waals surface area contributed by atoms with Crippen LogP contribution in [0.25, 0.3) is 10.8 Å². The molecule has 0 bridgehead atoms. The molecule has 0 aliphatic rings. The molecule has 3 rings (SSSR count). The molecule has 0 saturated heterocycles. The van der Waals surface area contributed by atoms with Gasteiger partial charge in [-0.1, -0.05) is 0 Å². The molecular weight excluding hydrogens is 409 g/mol. The maximum atomic E-state index is 13.2. The van der Waals surface area contributed by atoms with Gasteiger partial charge in [0.05, 0.1) is 36.0 Å². The number of nitriles is 1. The summed E-state index contributed by atoms with van der Waals surface area (Å²) in [5, 5.41) is 10.6. The molecule has 1 atom stereocenters. The number of fused-ring (bicyclic) bond motifs is 1. The number of nitrogens with zero attached hydrogens (tertiary/aromatic N) is 5. The van der Waals surface area contributed by atoms with E-state index in [1.54, 1.807) is 24.5 Å². The first-order valence-electron chi connectivity index (χ1n) is 9.39. The average Bonchev–Trinajstić information content (AvgIpc) is 2.70. The van der Waals surface area contributed by atoms with E-state index in [-0.39, 0.29) is 17.8 Å². The summed E-state index contributed by atoms with van der Waals surface area (Å²) in [6.07, 6.45) is 0.0994. The number of halogens is 3.